The normalized spacial score (nSPS) is 30.2. The van der Waals surface area contributed by atoms with Gasteiger partial charge in [0.05, 0.1) is 11.2 Å². The first-order valence-electron chi connectivity index (χ1n) is 12.6. The third-order valence-electron chi connectivity index (χ3n) is 8.19. The average Bonchev–Trinajstić information content (AvgIpc) is 2.94. The van der Waals surface area contributed by atoms with Crippen molar-refractivity contribution in [1.82, 2.24) is 9.96 Å². The molecule has 0 amide bonds. The molecule has 3 N–H and O–H groups in total. The summed E-state index contributed by atoms with van der Waals surface area (Å²) in [5.74, 6) is -0.278. The Labute approximate surface area is 213 Å². The minimum atomic E-state index is -0.940. The monoisotopic (exact) mass is 504 g/mol. The van der Waals surface area contributed by atoms with Crippen molar-refractivity contribution in [1.29, 1.82) is 0 Å². The van der Waals surface area contributed by atoms with Gasteiger partial charge < -0.3 is 20.3 Å². The molecule has 2 heterocycles. The van der Waals surface area contributed by atoms with Gasteiger partial charge in [0.25, 0.3) is 0 Å². The second-order valence-corrected chi connectivity index (χ2v) is 11.6. The number of hydroxylamine groups is 2. The van der Waals surface area contributed by atoms with Gasteiger partial charge in [-0.15, -0.1) is 0 Å². The van der Waals surface area contributed by atoms with E-state index in [2.05, 4.69) is 18.7 Å². The van der Waals surface area contributed by atoms with Crippen molar-refractivity contribution in [3.8, 4) is 0 Å². The van der Waals surface area contributed by atoms with Crippen molar-refractivity contribution >= 4 is 11.6 Å². The number of nitrogens with zero attached hydrogens (tertiary/aromatic N) is 2. The predicted molar refractivity (Wildman–Crippen MR) is 136 cm³/mol. The molecule has 2 aliphatic rings. The first kappa shape index (κ1) is 26.5. The lowest BCUT2D eigenvalue weighted by Crippen LogP contribution is -2.56. The first-order valence-corrected chi connectivity index (χ1v) is 13.0. The van der Waals surface area contributed by atoms with Gasteiger partial charge in [0.2, 0.25) is 0 Å². The molecule has 35 heavy (non-hydrogen) atoms. The van der Waals surface area contributed by atoms with E-state index in [4.69, 9.17) is 11.6 Å². The van der Waals surface area contributed by atoms with Crippen molar-refractivity contribution in [3.05, 3.63) is 70.5 Å². The highest BCUT2D eigenvalue weighted by Gasteiger charge is 2.49. The molecule has 0 spiro atoms. The second kappa shape index (κ2) is 10.4. The molecule has 2 aromatic rings. The van der Waals surface area contributed by atoms with Crippen LogP contribution in [-0.2, 0) is 12.0 Å². The van der Waals surface area contributed by atoms with Crippen LogP contribution in [0.2, 0.25) is 5.02 Å². The summed E-state index contributed by atoms with van der Waals surface area (Å²) in [7, 11) is 0. The lowest BCUT2D eigenvalue weighted by Gasteiger charge is -2.51. The topological polar surface area (TPSA) is 67.2 Å². The number of hydrogen-bond donors (Lipinski definition) is 3. The lowest BCUT2D eigenvalue weighted by molar-refractivity contribution is -0.136. The van der Waals surface area contributed by atoms with Gasteiger partial charge in [-0.05, 0) is 73.9 Å². The maximum atomic E-state index is 13.3. The van der Waals surface area contributed by atoms with Gasteiger partial charge in [0, 0.05) is 42.7 Å². The summed E-state index contributed by atoms with van der Waals surface area (Å²) in [5.41, 5.74) is -0.362. The number of rotatable bonds is 6. The Balaban J connectivity index is 1.39. The van der Waals surface area contributed by atoms with Crippen LogP contribution in [0.5, 0.6) is 0 Å². The number of hydrogen-bond acceptors (Lipinski definition) is 5. The summed E-state index contributed by atoms with van der Waals surface area (Å²) in [6.45, 7) is 6.88. The van der Waals surface area contributed by atoms with Gasteiger partial charge in [0.1, 0.15) is 5.82 Å². The summed E-state index contributed by atoms with van der Waals surface area (Å²) in [5, 5.41) is 35.7. The zero-order valence-corrected chi connectivity index (χ0v) is 21.5. The lowest BCUT2D eigenvalue weighted by atomic mass is 9.66. The molecular weight excluding hydrogens is 467 g/mol. The van der Waals surface area contributed by atoms with E-state index in [1.807, 2.05) is 24.3 Å². The number of halogens is 2. The van der Waals surface area contributed by atoms with E-state index in [-0.39, 0.29) is 17.3 Å². The molecule has 7 heteroatoms. The molecule has 3 unspecified atom stereocenters. The molecule has 0 saturated carbocycles. The van der Waals surface area contributed by atoms with Crippen molar-refractivity contribution in [3.63, 3.8) is 0 Å². The first-order chi connectivity index (χ1) is 16.5. The van der Waals surface area contributed by atoms with Crippen LogP contribution in [0.4, 0.5) is 4.39 Å². The van der Waals surface area contributed by atoms with Gasteiger partial charge in [-0.3, -0.25) is 0 Å². The Morgan fingerprint density at radius 1 is 1.00 bits per heavy atom. The number of aliphatic hydroxyl groups is 2. The highest BCUT2D eigenvalue weighted by molar-refractivity contribution is 6.30. The number of piperidine rings is 1. The molecule has 3 atom stereocenters. The Kier molecular flexibility index (Phi) is 7.91. The molecule has 2 aromatic carbocycles. The average molecular weight is 505 g/mol. The van der Waals surface area contributed by atoms with Crippen LogP contribution in [0.15, 0.2) is 48.5 Å². The van der Waals surface area contributed by atoms with Gasteiger partial charge in [-0.1, -0.05) is 49.7 Å². The highest BCUT2D eigenvalue weighted by Crippen LogP contribution is 2.46. The van der Waals surface area contributed by atoms with E-state index in [1.54, 1.807) is 12.1 Å². The van der Waals surface area contributed by atoms with Crippen LogP contribution < -0.4 is 0 Å². The van der Waals surface area contributed by atoms with E-state index in [1.165, 1.54) is 17.2 Å². The molecular formula is C28H38ClFN2O3. The summed E-state index contributed by atoms with van der Waals surface area (Å²) < 4.78 is 13.3. The van der Waals surface area contributed by atoms with E-state index in [9.17, 15) is 19.8 Å². The molecule has 0 radical (unpaired) electrons. The van der Waals surface area contributed by atoms with Crippen LogP contribution in [0.3, 0.4) is 0 Å². The fourth-order valence-electron chi connectivity index (χ4n) is 5.94. The fourth-order valence-corrected chi connectivity index (χ4v) is 6.07. The summed E-state index contributed by atoms with van der Waals surface area (Å²) in [6.07, 6.45) is 3.59. The molecule has 2 saturated heterocycles. The molecule has 4 rings (SSSR count). The van der Waals surface area contributed by atoms with Crippen LogP contribution in [0.25, 0.3) is 0 Å². The summed E-state index contributed by atoms with van der Waals surface area (Å²) in [4.78, 5) is 2.33. The predicted octanol–water partition coefficient (Wildman–Crippen LogP) is 5.01. The van der Waals surface area contributed by atoms with Gasteiger partial charge in [-0.25, -0.2) is 4.39 Å². The molecule has 192 valence electrons. The molecule has 2 fully saturated rings. The number of likely N-dealkylation sites (tertiary alicyclic amines) is 1. The van der Waals surface area contributed by atoms with Gasteiger partial charge in [-0.2, -0.15) is 5.06 Å². The van der Waals surface area contributed by atoms with Crippen molar-refractivity contribution in [2.75, 3.05) is 26.2 Å². The van der Waals surface area contributed by atoms with E-state index in [0.717, 1.165) is 24.2 Å². The SMILES string of the molecule is CC1(C)CN(CCC2(O)CCCN(O)C(Cc3ccc(F)cc3)C2)CCC1(O)c1ccc(Cl)cc1. The molecule has 0 aliphatic carbocycles. The molecule has 2 aliphatic heterocycles. The Hall–Kier alpha value is -1.54. The molecule has 0 aromatic heterocycles. The zero-order valence-electron chi connectivity index (χ0n) is 20.8. The minimum Gasteiger partial charge on any atom is -0.390 e. The third kappa shape index (κ3) is 6.07. The van der Waals surface area contributed by atoms with Crippen molar-refractivity contribution in [2.24, 2.45) is 5.41 Å². The summed E-state index contributed by atoms with van der Waals surface area (Å²) in [6, 6.07) is 13.6. The van der Waals surface area contributed by atoms with Gasteiger partial charge >= 0.3 is 0 Å². The fraction of sp³-hybridized carbons (Fsp3) is 0.571. The largest absolute Gasteiger partial charge is 0.390 e. The van der Waals surface area contributed by atoms with Crippen LogP contribution in [0, 0.1) is 11.2 Å². The smallest absolute Gasteiger partial charge is 0.123 e. The van der Waals surface area contributed by atoms with Gasteiger partial charge in [0.15, 0.2) is 0 Å². The maximum absolute atomic E-state index is 13.3. The van der Waals surface area contributed by atoms with E-state index < -0.39 is 11.2 Å². The summed E-state index contributed by atoms with van der Waals surface area (Å²) >= 11 is 6.05. The molecule has 5 nitrogen and oxygen atoms in total. The zero-order chi connectivity index (χ0) is 25.3. The van der Waals surface area contributed by atoms with Crippen LogP contribution in [-0.4, -0.2) is 63.2 Å². The Morgan fingerprint density at radius 3 is 2.34 bits per heavy atom. The van der Waals surface area contributed by atoms with Crippen molar-refractivity contribution in [2.45, 2.75) is 69.6 Å². The Bertz CT molecular complexity index is 987. The minimum absolute atomic E-state index is 0.222. The maximum Gasteiger partial charge on any atom is 0.123 e. The van der Waals surface area contributed by atoms with E-state index in [0.29, 0.717) is 56.6 Å². The standard InChI is InChI=1S/C28H38ClFN2O3/c1-26(2)20-31(17-14-28(26,34)22-6-8-23(29)9-7-22)16-13-27(33)12-3-15-32(35)25(19-27)18-21-4-10-24(30)11-5-21/h4-11,25,33-35H,3,12-20H2,1-2H3. The quantitative estimate of drug-likeness (QED) is 0.516. The molecule has 0 bridgehead atoms. The highest BCUT2D eigenvalue weighted by atomic mass is 35.5. The second-order valence-electron chi connectivity index (χ2n) is 11.2. The van der Waals surface area contributed by atoms with Crippen LogP contribution >= 0.6 is 11.6 Å². The Morgan fingerprint density at radius 2 is 1.69 bits per heavy atom. The van der Waals surface area contributed by atoms with Crippen molar-refractivity contribution < 1.29 is 19.8 Å². The number of benzene rings is 2. The van der Waals surface area contributed by atoms with Crippen LogP contribution in [0.1, 0.15) is 57.1 Å². The van der Waals surface area contributed by atoms with E-state index >= 15 is 0 Å². The third-order valence-corrected chi connectivity index (χ3v) is 8.45.